The van der Waals surface area contributed by atoms with Crippen molar-refractivity contribution in [1.82, 2.24) is 15.1 Å². The van der Waals surface area contributed by atoms with Gasteiger partial charge < -0.3 is 15.2 Å². The highest BCUT2D eigenvalue weighted by molar-refractivity contribution is 6.30. The fraction of sp³-hybridized carbons (Fsp3) is 0.615. The van der Waals surface area contributed by atoms with E-state index in [9.17, 15) is 14.7 Å². The number of aliphatic carboxylic acids is 1. The quantitative estimate of drug-likeness (QED) is 0.884. The Balaban J connectivity index is 2.84. The number of ether oxygens (including phenoxy) is 1. The van der Waals surface area contributed by atoms with Crippen molar-refractivity contribution < 1.29 is 19.4 Å². The number of alkyl carbamates (subject to hydrolysis) is 1. The highest BCUT2D eigenvalue weighted by Gasteiger charge is 2.26. The van der Waals surface area contributed by atoms with Gasteiger partial charge in [0.25, 0.3) is 0 Å². The number of aromatic nitrogens is 2. The molecule has 0 aliphatic rings. The lowest BCUT2D eigenvalue weighted by Crippen LogP contribution is -2.44. The number of nitrogens with zero attached hydrogens (tertiary/aromatic N) is 2. The van der Waals surface area contributed by atoms with Gasteiger partial charge >= 0.3 is 12.1 Å². The predicted octanol–water partition coefficient (Wildman–Crippen LogP) is 1.90. The molecule has 0 radical (unpaired) electrons. The number of carbonyl (C=O) groups excluding carboxylic acids is 1. The van der Waals surface area contributed by atoms with Crippen LogP contribution < -0.4 is 5.32 Å². The second-order valence-corrected chi connectivity index (χ2v) is 6.08. The molecule has 8 heteroatoms. The van der Waals surface area contributed by atoms with Crippen LogP contribution in [0.4, 0.5) is 4.79 Å². The van der Waals surface area contributed by atoms with Crippen molar-refractivity contribution in [3.05, 3.63) is 16.4 Å². The number of hydrogen-bond acceptors (Lipinski definition) is 4. The van der Waals surface area contributed by atoms with Gasteiger partial charge in [-0.25, -0.2) is 9.59 Å². The largest absolute Gasteiger partial charge is 0.480 e. The van der Waals surface area contributed by atoms with Crippen molar-refractivity contribution in [2.24, 2.45) is 7.05 Å². The highest BCUT2D eigenvalue weighted by Crippen LogP contribution is 2.20. The summed E-state index contributed by atoms with van der Waals surface area (Å²) in [5, 5.41) is 16.0. The zero-order valence-electron chi connectivity index (χ0n) is 12.7. The first-order valence-corrected chi connectivity index (χ1v) is 6.79. The molecule has 1 amide bonds. The maximum Gasteiger partial charge on any atom is 0.408 e. The van der Waals surface area contributed by atoms with Crippen LogP contribution in [0.5, 0.6) is 0 Å². The van der Waals surface area contributed by atoms with Gasteiger partial charge in [-0.05, 0) is 27.7 Å². The maximum absolute atomic E-state index is 11.7. The van der Waals surface area contributed by atoms with Gasteiger partial charge in [-0.3, -0.25) is 4.68 Å². The zero-order valence-corrected chi connectivity index (χ0v) is 13.5. The summed E-state index contributed by atoms with van der Waals surface area (Å²) >= 11 is 6.07. The van der Waals surface area contributed by atoms with Crippen LogP contribution in [-0.4, -0.2) is 38.6 Å². The average molecular weight is 318 g/mol. The molecule has 118 valence electrons. The van der Waals surface area contributed by atoms with Gasteiger partial charge in [0.05, 0.1) is 5.69 Å². The van der Waals surface area contributed by atoms with E-state index in [4.69, 9.17) is 16.3 Å². The maximum atomic E-state index is 11.7. The number of halogens is 1. The molecule has 21 heavy (non-hydrogen) atoms. The zero-order chi connectivity index (χ0) is 16.4. The molecule has 1 aromatic heterocycles. The summed E-state index contributed by atoms with van der Waals surface area (Å²) in [5.74, 6) is -1.17. The summed E-state index contributed by atoms with van der Waals surface area (Å²) < 4.78 is 6.51. The Morgan fingerprint density at radius 2 is 2.05 bits per heavy atom. The Morgan fingerprint density at radius 1 is 1.48 bits per heavy atom. The Morgan fingerprint density at radius 3 is 2.43 bits per heavy atom. The SMILES string of the molecule is Cc1nn(C)c(Cl)c1CC(NC(=O)OC(C)(C)C)C(=O)O. The van der Waals surface area contributed by atoms with E-state index in [0.717, 1.165) is 0 Å². The number of carbonyl (C=O) groups is 2. The van der Waals surface area contributed by atoms with E-state index in [1.54, 1.807) is 34.7 Å². The van der Waals surface area contributed by atoms with Crippen LogP contribution >= 0.6 is 11.6 Å². The molecule has 1 heterocycles. The molecule has 0 bridgehead atoms. The Labute approximate surface area is 128 Å². The van der Waals surface area contributed by atoms with E-state index in [2.05, 4.69) is 10.4 Å². The standard InChI is InChI=1S/C13H20ClN3O4/c1-7-8(10(14)17(5)16-7)6-9(11(18)19)15-12(20)21-13(2,3)4/h9H,6H2,1-5H3,(H,15,20)(H,18,19). The first-order chi connectivity index (χ1) is 9.51. The minimum Gasteiger partial charge on any atom is -0.480 e. The van der Waals surface area contributed by atoms with Gasteiger partial charge in [0.15, 0.2) is 0 Å². The van der Waals surface area contributed by atoms with E-state index in [1.165, 1.54) is 4.68 Å². The van der Waals surface area contributed by atoms with Gasteiger partial charge in [-0.2, -0.15) is 5.10 Å². The number of hydrogen-bond donors (Lipinski definition) is 2. The van der Waals surface area contributed by atoms with Gasteiger partial charge in [0.2, 0.25) is 0 Å². The molecule has 2 N–H and O–H groups in total. The first kappa shape index (κ1) is 17.3. The molecule has 0 aliphatic carbocycles. The summed E-state index contributed by atoms with van der Waals surface area (Å²) in [7, 11) is 1.66. The number of aryl methyl sites for hydroxylation is 2. The van der Waals surface area contributed by atoms with Gasteiger partial charge in [0.1, 0.15) is 16.8 Å². The van der Waals surface area contributed by atoms with Crippen molar-refractivity contribution in [3.63, 3.8) is 0 Å². The molecule has 0 aromatic carbocycles. The van der Waals surface area contributed by atoms with E-state index in [-0.39, 0.29) is 6.42 Å². The van der Waals surface area contributed by atoms with Crippen LogP contribution in [-0.2, 0) is 23.0 Å². The number of carboxylic acid groups (broad SMARTS) is 1. The second kappa shape index (κ2) is 6.34. The number of carboxylic acids is 1. The molecule has 0 saturated heterocycles. The summed E-state index contributed by atoms with van der Waals surface area (Å²) in [6.45, 7) is 6.83. The molecular formula is C13H20ClN3O4. The summed E-state index contributed by atoms with van der Waals surface area (Å²) in [4.78, 5) is 23.0. The summed E-state index contributed by atoms with van der Waals surface area (Å²) in [5.41, 5.74) is 0.511. The van der Waals surface area contributed by atoms with Crippen molar-refractivity contribution in [3.8, 4) is 0 Å². The molecule has 0 aliphatic heterocycles. The lowest BCUT2D eigenvalue weighted by atomic mass is 10.1. The van der Waals surface area contributed by atoms with E-state index in [1.807, 2.05) is 0 Å². The Bertz CT molecular complexity index is 548. The molecular weight excluding hydrogens is 298 g/mol. The van der Waals surface area contributed by atoms with Crippen LogP contribution in [0.15, 0.2) is 0 Å². The van der Waals surface area contributed by atoms with Crippen molar-refractivity contribution >= 4 is 23.7 Å². The fourth-order valence-electron chi connectivity index (χ4n) is 1.76. The minimum atomic E-state index is -1.17. The van der Waals surface area contributed by atoms with Gasteiger partial charge in [0, 0.05) is 19.0 Å². The van der Waals surface area contributed by atoms with Crippen LogP contribution in [0.1, 0.15) is 32.0 Å². The Kier molecular flexibility index (Phi) is 5.22. The highest BCUT2D eigenvalue weighted by atomic mass is 35.5. The predicted molar refractivity (Wildman–Crippen MR) is 77.5 cm³/mol. The van der Waals surface area contributed by atoms with Crippen LogP contribution in [0, 0.1) is 6.92 Å². The molecule has 1 atom stereocenters. The van der Waals surface area contributed by atoms with Crippen LogP contribution in [0.2, 0.25) is 5.15 Å². The lowest BCUT2D eigenvalue weighted by molar-refractivity contribution is -0.139. The molecule has 0 fully saturated rings. The van der Waals surface area contributed by atoms with Crippen molar-refractivity contribution in [2.45, 2.75) is 45.8 Å². The normalized spacial score (nSPS) is 12.9. The third kappa shape index (κ3) is 4.93. The third-order valence-corrected chi connectivity index (χ3v) is 3.14. The number of amides is 1. The average Bonchev–Trinajstić information content (AvgIpc) is 2.52. The number of nitrogens with one attached hydrogen (secondary N) is 1. The Hall–Kier alpha value is -1.76. The van der Waals surface area contributed by atoms with E-state index >= 15 is 0 Å². The topological polar surface area (TPSA) is 93.5 Å². The number of rotatable bonds is 4. The molecule has 7 nitrogen and oxygen atoms in total. The second-order valence-electron chi connectivity index (χ2n) is 5.72. The van der Waals surface area contributed by atoms with Crippen LogP contribution in [0.3, 0.4) is 0 Å². The van der Waals surface area contributed by atoms with E-state index < -0.39 is 23.7 Å². The monoisotopic (exact) mass is 317 g/mol. The van der Waals surface area contributed by atoms with Gasteiger partial charge in [-0.15, -0.1) is 0 Å². The van der Waals surface area contributed by atoms with Crippen molar-refractivity contribution in [1.29, 1.82) is 0 Å². The fourth-order valence-corrected chi connectivity index (χ4v) is 2.01. The lowest BCUT2D eigenvalue weighted by Gasteiger charge is -2.22. The summed E-state index contributed by atoms with van der Waals surface area (Å²) in [6.07, 6.45) is -0.750. The van der Waals surface area contributed by atoms with Gasteiger partial charge in [-0.1, -0.05) is 11.6 Å². The van der Waals surface area contributed by atoms with Crippen molar-refractivity contribution in [2.75, 3.05) is 0 Å². The first-order valence-electron chi connectivity index (χ1n) is 6.41. The molecule has 0 spiro atoms. The van der Waals surface area contributed by atoms with Crippen LogP contribution in [0.25, 0.3) is 0 Å². The molecule has 1 rings (SSSR count). The molecule has 0 saturated carbocycles. The third-order valence-electron chi connectivity index (χ3n) is 2.67. The smallest absolute Gasteiger partial charge is 0.408 e. The van der Waals surface area contributed by atoms with E-state index in [0.29, 0.717) is 16.4 Å². The minimum absolute atomic E-state index is 0.0348. The molecule has 1 aromatic rings. The summed E-state index contributed by atoms with van der Waals surface area (Å²) in [6, 6.07) is -1.14. The molecule has 1 unspecified atom stereocenters.